The van der Waals surface area contributed by atoms with E-state index in [1.165, 1.54) is 0 Å². The van der Waals surface area contributed by atoms with Gasteiger partial charge in [-0.2, -0.15) is 0 Å². The molecule has 1 saturated heterocycles. The number of rotatable bonds is 2. The Bertz CT molecular complexity index is 440. The Kier molecular flexibility index (Phi) is 7.94. The molecule has 0 aliphatic carbocycles. The molecule has 4 nitrogen and oxygen atoms in total. The lowest BCUT2D eigenvalue weighted by Gasteiger charge is -2.36. The first-order chi connectivity index (χ1) is 8.59. The Morgan fingerprint density at radius 1 is 1.30 bits per heavy atom. The number of carbonyl (C=O) groups is 1. The molecule has 1 heterocycles. The highest BCUT2D eigenvalue weighted by atomic mass is 35.5. The highest BCUT2D eigenvalue weighted by Gasteiger charge is 2.26. The van der Waals surface area contributed by atoms with Gasteiger partial charge in [0.1, 0.15) is 0 Å². The van der Waals surface area contributed by atoms with E-state index < -0.39 is 0 Å². The number of likely N-dealkylation sites (N-methyl/N-ethyl adjacent to an activating group) is 1. The fourth-order valence-corrected chi connectivity index (χ4v) is 2.42. The molecule has 1 atom stereocenters. The summed E-state index contributed by atoms with van der Waals surface area (Å²) in [6, 6.07) is 7.74. The van der Waals surface area contributed by atoms with Gasteiger partial charge in [0.2, 0.25) is 0 Å². The number of likely N-dealkylation sites (tertiary alicyclic amines) is 1. The third-order valence-electron chi connectivity index (χ3n) is 3.61. The first-order valence-electron chi connectivity index (χ1n) is 6.40. The number of nitrogen functional groups attached to an aromatic ring is 1. The van der Waals surface area contributed by atoms with E-state index in [0.29, 0.717) is 17.3 Å². The smallest absolute Gasteiger partial charge is 0.255 e. The van der Waals surface area contributed by atoms with Gasteiger partial charge in [-0.15, -0.1) is 24.8 Å². The number of para-hydroxylation sites is 1. The molecule has 20 heavy (non-hydrogen) atoms. The summed E-state index contributed by atoms with van der Waals surface area (Å²) in [5, 5.41) is 0. The van der Waals surface area contributed by atoms with Gasteiger partial charge in [-0.25, -0.2) is 0 Å². The van der Waals surface area contributed by atoms with Crippen LogP contribution in [0.3, 0.4) is 0 Å². The second-order valence-electron chi connectivity index (χ2n) is 5.10. The van der Waals surface area contributed by atoms with Crippen LogP contribution in [0.1, 0.15) is 23.2 Å². The van der Waals surface area contributed by atoms with Gasteiger partial charge in [-0.05, 0) is 39.1 Å². The van der Waals surface area contributed by atoms with E-state index in [1.54, 1.807) is 12.1 Å². The van der Waals surface area contributed by atoms with Gasteiger partial charge in [-0.1, -0.05) is 12.1 Å². The van der Waals surface area contributed by atoms with Crippen molar-refractivity contribution in [3.8, 4) is 0 Å². The minimum atomic E-state index is 0. The molecule has 1 aliphatic rings. The van der Waals surface area contributed by atoms with Crippen molar-refractivity contribution in [3.05, 3.63) is 29.8 Å². The molecule has 6 heteroatoms. The van der Waals surface area contributed by atoms with Gasteiger partial charge < -0.3 is 15.5 Å². The Labute approximate surface area is 133 Å². The van der Waals surface area contributed by atoms with E-state index in [2.05, 4.69) is 19.0 Å². The quantitative estimate of drug-likeness (QED) is 0.851. The minimum Gasteiger partial charge on any atom is -0.398 e. The first kappa shape index (κ1) is 19.0. The van der Waals surface area contributed by atoms with Crippen molar-refractivity contribution in [2.45, 2.75) is 18.9 Å². The van der Waals surface area contributed by atoms with Crippen LogP contribution in [0.25, 0.3) is 0 Å². The van der Waals surface area contributed by atoms with Gasteiger partial charge in [0, 0.05) is 24.8 Å². The standard InChI is InChI=1S/C14H21N3O.2ClH/c1-16(2)11-6-5-9-17(10-11)14(18)12-7-3-4-8-13(12)15;;/h3-4,7-8,11H,5-6,9-10,15H2,1-2H3;2*1H. The predicted molar refractivity (Wildman–Crippen MR) is 88.0 cm³/mol. The molecule has 0 aromatic heterocycles. The molecule has 1 amide bonds. The van der Waals surface area contributed by atoms with Crippen LogP contribution >= 0.6 is 24.8 Å². The van der Waals surface area contributed by atoms with Crippen LogP contribution in [0.5, 0.6) is 0 Å². The molecule has 1 aromatic rings. The van der Waals surface area contributed by atoms with E-state index in [-0.39, 0.29) is 30.7 Å². The summed E-state index contributed by atoms with van der Waals surface area (Å²) >= 11 is 0. The monoisotopic (exact) mass is 319 g/mol. The Hall–Kier alpha value is -0.970. The van der Waals surface area contributed by atoms with E-state index in [9.17, 15) is 4.79 Å². The predicted octanol–water partition coefficient (Wildman–Crippen LogP) is 2.28. The zero-order valence-electron chi connectivity index (χ0n) is 11.9. The lowest BCUT2D eigenvalue weighted by Crippen LogP contribution is -2.47. The molecular weight excluding hydrogens is 297 g/mol. The van der Waals surface area contributed by atoms with Crippen LogP contribution in [-0.2, 0) is 0 Å². The summed E-state index contributed by atoms with van der Waals surface area (Å²) < 4.78 is 0. The number of nitrogens with zero attached hydrogens (tertiary/aromatic N) is 2. The maximum Gasteiger partial charge on any atom is 0.255 e. The lowest BCUT2D eigenvalue weighted by atomic mass is 10.0. The van der Waals surface area contributed by atoms with Crippen molar-refractivity contribution in [1.29, 1.82) is 0 Å². The molecule has 0 bridgehead atoms. The van der Waals surface area contributed by atoms with Crippen LogP contribution in [0.2, 0.25) is 0 Å². The first-order valence-corrected chi connectivity index (χ1v) is 6.40. The number of carbonyl (C=O) groups excluding carboxylic acids is 1. The number of halogens is 2. The fraction of sp³-hybridized carbons (Fsp3) is 0.500. The Morgan fingerprint density at radius 3 is 2.55 bits per heavy atom. The van der Waals surface area contributed by atoms with Crippen molar-refractivity contribution >= 4 is 36.4 Å². The van der Waals surface area contributed by atoms with E-state index >= 15 is 0 Å². The van der Waals surface area contributed by atoms with Crippen LogP contribution in [-0.4, -0.2) is 48.9 Å². The minimum absolute atomic E-state index is 0. The lowest BCUT2D eigenvalue weighted by molar-refractivity contribution is 0.0636. The summed E-state index contributed by atoms with van der Waals surface area (Å²) in [6.45, 7) is 1.62. The summed E-state index contributed by atoms with van der Waals surface area (Å²) in [5.41, 5.74) is 7.05. The van der Waals surface area contributed by atoms with Crippen LogP contribution in [0.15, 0.2) is 24.3 Å². The van der Waals surface area contributed by atoms with E-state index in [0.717, 1.165) is 25.9 Å². The summed E-state index contributed by atoms with van der Waals surface area (Å²) in [5.74, 6) is 0.0552. The molecule has 114 valence electrons. The van der Waals surface area contributed by atoms with Gasteiger partial charge in [-0.3, -0.25) is 4.79 Å². The number of benzene rings is 1. The number of nitrogens with two attached hydrogens (primary N) is 1. The Balaban J connectivity index is 0.00000180. The molecule has 2 N–H and O–H groups in total. The molecule has 2 rings (SSSR count). The second kappa shape index (κ2) is 8.35. The summed E-state index contributed by atoms with van der Waals surface area (Å²) in [4.78, 5) is 16.5. The van der Waals surface area contributed by atoms with Gasteiger partial charge in [0.15, 0.2) is 0 Å². The summed E-state index contributed by atoms with van der Waals surface area (Å²) in [6.07, 6.45) is 2.21. The van der Waals surface area contributed by atoms with Gasteiger partial charge >= 0.3 is 0 Å². The molecule has 0 saturated carbocycles. The Morgan fingerprint density at radius 2 is 1.95 bits per heavy atom. The normalized spacial score (nSPS) is 18.1. The average molecular weight is 320 g/mol. The maximum absolute atomic E-state index is 12.4. The van der Waals surface area contributed by atoms with Gasteiger partial charge in [0.05, 0.1) is 5.56 Å². The van der Waals surface area contributed by atoms with Crippen molar-refractivity contribution in [1.82, 2.24) is 9.80 Å². The third kappa shape index (κ3) is 4.27. The highest BCUT2D eigenvalue weighted by molar-refractivity contribution is 5.99. The van der Waals surface area contributed by atoms with Crippen LogP contribution in [0.4, 0.5) is 5.69 Å². The molecule has 1 fully saturated rings. The maximum atomic E-state index is 12.4. The third-order valence-corrected chi connectivity index (χ3v) is 3.61. The number of anilines is 1. The number of amides is 1. The molecule has 1 aliphatic heterocycles. The average Bonchev–Trinajstić information content (AvgIpc) is 2.38. The van der Waals surface area contributed by atoms with Crippen LogP contribution in [0, 0.1) is 0 Å². The van der Waals surface area contributed by atoms with Crippen molar-refractivity contribution in [2.24, 2.45) is 0 Å². The topological polar surface area (TPSA) is 49.6 Å². The molecular formula is C14H23Cl2N3O. The van der Waals surface area contributed by atoms with Crippen molar-refractivity contribution in [2.75, 3.05) is 32.9 Å². The van der Waals surface area contributed by atoms with Gasteiger partial charge in [0.25, 0.3) is 5.91 Å². The second-order valence-corrected chi connectivity index (χ2v) is 5.10. The largest absolute Gasteiger partial charge is 0.398 e. The zero-order valence-corrected chi connectivity index (χ0v) is 13.5. The zero-order chi connectivity index (χ0) is 13.1. The van der Waals surface area contributed by atoms with E-state index in [1.807, 2.05) is 17.0 Å². The number of hydrogen-bond acceptors (Lipinski definition) is 3. The number of piperidine rings is 1. The molecule has 0 radical (unpaired) electrons. The van der Waals surface area contributed by atoms with Crippen LogP contribution < -0.4 is 5.73 Å². The van der Waals surface area contributed by atoms with Crippen molar-refractivity contribution < 1.29 is 4.79 Å². The van der Waals surface area contributed by atoms with Crippen molar-refractivity contribution in [3.63, 3.8) is 0 Å². The fourth-order valence-electron chi connectivity index (χ4n) is 2.42. The molecule has 1 unspecified atom stereocenters. The molecule has 0 spiro atoms. The molecule has 1 aromatic carbocycles. The number of hydrogen-bond donors (Lipinski definition) is 1. The summed E-state index contributed by atoms with van der Waals surface area (Å²) in [7, 11) is 4.13. The van der Waals surface area contributed by atoms with E-state index in [4.69, 9.17) is 5.73 Å². The SMILES string of the molecule is CN(C)C1CCCN(C(=O)c2ccccc2N)C1.Cl.Cl. The highest BCUT2D eigenvalue weighted by Crippen LogP contribution is 2.19.